The minimum absolute atomic E-state index is 0.118. The molecule has 0 bridgehead atoms. The van der Waals surface area contributed by atoms with Gasteiger partial charge in [0, 0.05) is 11.1 Å². The van der Waals surface area contributed by atoms with Crippen molar-refractivity contribution in [2.45, 2.75) is 6.61 Å². The molecule has 2 aromatic carbocycles. The number of furan rings is 2. The number of carbonyl (C=O) groups is 1. The van der Waals surface area contributed by atoms with E-state index >= 15 is 0 Å². The third kappa shape index (κ3) is 4.05. The van der Waals surface area contributed by atoms with Crippen LogP contribution in [0.3, 0.4) is 0 Å². The van der Waals surface area contributed by atoms with Crippen LogP contribution in [0.4, 0.5) is 5.69 Å². The molecule has 0 aliphatic carbocycles. The summed E-state index contributed by atoms with van der Waals surface area (Å²) in [6, 6.07) is 17.7. The first-order valence-electron chi connectivity index (χ1n) is 9.06. The van der Waals surface area contributed by atoms with Gasteiger partial charge in [0.15, 0.2) is 10.9 Å². The molecule has 0 fully saturated rings. The average Bonchev–Trinajstić information content (AvgIpc) is 3.40. The molecule has 0 saturated carbocycles. The third-order valence-electron chi connectivity index (χ3n) is 4.42. The standard InChI is InChI=1S/C22H18N2O5S/c1-27-18-8-6-14(11-16(18)19-9-7-15(12-25)28-19)23-22(30)24-21(26)20-10-13-4-2-3-5-17(13)29-20/h2-11,25H,12H2,1H3,(H2,23,24,26,30). The van der Waals surface area contributed by atoms with E-state index < -0.39 is 5.91 Å². The molecule has 4 aromatic rings. The van der Waals surface area contributed by atoms with Crippen molar-refractivity contribution < 1.29 is 23.5 Å². The number of fused-ring (bicyclic) bond motifs is 1. The van der Waals surface area contributed by atoms with Gasteiger partial charge in [-0.05, 0) is 54.7 Å². The quantitative estimate of drug-likeness (QED) is 0.412. The Morgan fingerprint density at radius 3 is 2.67 bits per heavy atom. The van der Waals surface area contributed by atoms with Gasteiger partial charge in [-0.25, -0.2) is 0 Å². The fourth-order valence-electron chi connectivity index (χ4n) is 3.01. The highest BCUT2D eigenvalue weighted by Gasteiger charge is 2.15. The second-order valence-corrected chi connectivity index (χ2v) is 6.80. The molecule has 2 heterocycles. The Hall–Kier alpha value is -3.62. The van der Waals surface area contributed by atoms with E-state index in [0.29, 0.717) is 34.1 Å². The second kappa shape index (κ2) is 8.40. The summed E-state index contributed by atoms with van der Waals surface area (Å²) in [7, 11) is 1.56. The summed E-state index contributed by atoms with van der Waals surface area (Å²) in [4.78, 5) is 12.4. The van der Waals surface area contributed by atoms with Crippen LogP contribution in [-0.2, 0) is 6.61 Å². The number of nitrogens with one attached hydrogen (secondary N) is 2. The molecule has 4 rings (SSSR count). The molecule has 7 nitrogen and oxygen atoms in total. The number of ether oxygens (including phenoxy) is 1. The maximum absolute atomic E-state index is 12.4. The van der Waals surface area contributed by atoms with Crippen LogP contribution in [0, 0.1) is 0 Å². The summed E-state index contributed by atoms with van der Waals surface area (Å²) in [6.45, 7) is -0.196. The lowest BCUT2D eigenvalue weighted by Gasteiger charge is -2.12. The first kappa shape index (κ1) is 19.7. The van der Waals surface area contributed by atoms with Crippen LogP contribution in [0.2, 0.25) is 0 Å². The lowest BCUT2D eigenvalue weighted by atomic mass is 10.1. The Kier molecular flexibility index (Phi) is 5.51. The maximum atomic E-state index is 12.4. The van der Waals surface area contributed by atoms with Crippen molar-refractivity contribution in [2.75, 3.05) is 12.4 Å². The van der Waals surface area contributed by atoms with Crippen molar-refractivity contribution in [1.29, 1.82) is 0 Å². The van der Waals surface area contributed by atoms with Gasteiger partial charge in [-0.2, -0.15) is 0 Å². The van der Waals surface area contributed by atoms with Crippen LogP contribution in [0.5, 0.6) is 5.75 Å². The molecule has 0 unspecified atom stereocenters. The van der Waals surface area contributed by atoms with Crippen LogP contribution in [0.1, 0.15) is 16.3 Å². The highest BCUT2D eigenvalue weighted by Crippen LogP contribution is 2.33. The van der Waals surface area contributed by atoms with E-state index in [0.717, 1.165) is 5.39 Å². The third-order valence-corrected chi connectivity index (χ3v) is 4.62. The van der Waals surface area contributed by atoms with Gasteiger partial charge in [0.2, 0.25) is 0 Å². The molecule has 8 heteroatoms. The molecule has 0 aliphatic heterocycles. The van der Waals surface area contributed by atoms with E-state index in [9.17, 15) is 9.90 Å². The lowest BCUT2D eigenvalue weighted by molar-refractivity contribution is 0.0953. The SMILES string of the molecule is COc1ccc(NC(=S)NC(=O)c2cc3ccccc3o2)cc1-c1ccc(CO)o1. The van der Waals surface area contributed by atoms with Crippen molar-refractivity contribution in [3.63, 3.8) is 0 Å². The van der Waals surface area contributed by atoms with Gasteiger partial charge in [-0.3, -0.25) is 10.1 Å². The summed E-state index contributed by atoms with van der Waals surface area (Å²) in [5.41, 5.74) is 1.93. The van der Waals surface area contributed by atoms with Crippen LogP contribution in [-0.4, -0.2) is 23.2 Å². The zero-order valence-corrected chi connectivity index (χ0v) is 16.8. The first-order valence-corrected chi connectivity index (χ1v) is 9.47. The number of carbonyl (C=O) groups excluding carboxylic acids is 1. The number of hydrogen-bond acceptors (Lipinski definition) is 6. The predicted molar refractivity (Wildman–Crippen MR) is 117 cm³/mol. The molecule has 3 N–H and O–H groups in total. The lowest BCUT2D eigenvalue weighted by Crippen LogP contribution is -2.33. The van der Waals surface area contributed by atoms with E-state index in [1.165, 1.54) is 0 Å². The van der Waals surface area contributed by atoms with E-state index in [1.54, 1.807) is 49.6 Å². The normalized spacial score (nSPS) is 10.7. The minimum atomic E-state index is -0.448. The van der Waals surface area contributed by atoms with E-state index in [1.807, 2.05) is 18.2 Å². The number of para-hydroxylation sites is 1. The highest BCUT2D eigenvalue weighted by atomic mass is 32.1. The maximum Gasteiger partial charge on any atom is 0.293 e. The molecule has 152 valence electrons. The van der Waals surface area contributed by atoms with Gasteiger partial charge in [-0.15, -0.1) is 0 Å². The molecule has 0 atom stereocenters. The number of aliphatic hydroxyl groups is 1. The molecule has 2 aromatic heterocycles. The van der Waals surface area contributed by atoms with Crippen molar-refractivity contribution >= 4 is 39.9 Å². The molecule has 0 saturated heterocycles. The fourth-order valence-corrected chi connectivity index (χ4v) is 3.22. The van der Waals surface area contributed by atoms with Gasteiger partial charge < -0.3 is 24.0 Å². The number of hydrogen-bond donors (Lipinski definition) is 3. The summed E-state index contributed by atoms with van der Waals surface area (Å²) in [5.74, 6) is 1.30. The van der Waals surface area contributed by atoms with E-state index in [4.69, 9.17) is 25.8 Å². The number of amides is 1. The first-order chi connectivity index (χ1) is 14.6. The zero-order valence-electron chi connectivity index (χ0n) is 16.0. The van der Waals surface area contributed by atoms with Crippen LogP contribution in [0.15, 0.2) is 69.5 Å². The average molecular weight is 422 g/mol. The van der Waals surface area contributed by atoms with Crippen LogP contribution >= 0.6 is 12.2 Å². The van der Waals surface area contributed by atoms with Crippen LogP contribution in [0.25, 0.3) is 22.3 Å². The largest absolute Gasteiger partial charge is 0.496 e. The zero-order chi connectivity index (χ0) is 21.1. The monoisotopic (exact) mass is 422 g/mol. The summed E-state index contributed by atoms with van der Waals surface area (Å²) >= 11 is 5.26. The second-order valence-electron chi connectivity index (χ2n) is 6.40. The van der Waals surface area contributed by atoms with Gasteiger partial charge in [-0.1, -0.05) is 18.2 Å². The smallest absolute Gasteiger partial charge is 0.293 e. The Morgan fingerprint density at radius 2 is 1.93 bits per heavy atom. The van der Waals surface area contributed by atoms with Crippen molar-refractivity contribution in [3.8, 4) is 17.1 Å². The highest BCUT2D eigenvalue weighted by molar-refractivity contribution is 7.80. The Balaban J connectivity index is 1.49. The molecular weight excluding hydrogens is 404 g/mol. The predicted octanol–water partition coefficient (Wildman–Crippen LogP) is 4.32. The number of anilines is 1. The van der Waals surface area contributed by atoms with E-state index in [-0.39, 0.29) is 17.5 Å². The summed E-state index contributed by atoms with van der Waals surface area (Å²) in [6.07, 6.45) is 0. The Morgan fingerprint density at radius 1 is 1.10 bits per heavy atom. The number of aliphatic hydroxyl groups excluding tert-OH is 1. The van der Waals surface area contributed by atoms with Gasteiger partial charge >= 0.3 is 0 Å². The molecule has 1 amide bonds. The Bertz CT molecular complexity index is 1190. The minimum Gasteiger partial charge on any atom is -0.496 e. The Labute approximate surface area is 177 Å². The summed E-state index contributed by atoms with van der Waals surface area (Å²) in [5, 5.41) is 15.7. The molecule has 0 spiro atoms. The summed E-state index contributed by atoms with van der Waals surface area (Å²) < 4.78 is 16.5. The van der Waals surface area contributed by atoms with Crippen LogP contribution < -0.4 is 15.4 Å². The molecule has 0 radical (unpaired) electrons. The van der Waals surface area contributed by atoms with Crippen molar-refractivity contribution in [3.05, 3.63) is 72.2 Å². The number of thiocarbonyl (C=S) groups is 1. The van der Waals surface area contributed by atoms with Crippen molar-refractivity contribution in [1.82, 2.24) is 5.32 Å². The molecular formula is C22H18N2O5S. The van der Waals surface area contributed by atoms with Gasteiger partial charge in [0.1, 0.15) is 29.5 Å². The number of rotatable bonds is 5. The molecule has 30 heavy (non-hydrogen) atoms. The van der Waals surface area contributed by atoms with E-state index in [2.05, 4.69) is 10.6 Å². The fraction of sp³-hybridized carbons (Fsp3) is 0.0909. The van der Waals surface area contributed by atoms with Gasteiger partial charge in [0.25, 0.3) is 5.91 Å². The number of benzene rings is 2. The topological polar surface area (TPSA) is 96.9 Å². The van der Waals surface area contributed by atoms with Crippen molar-refractivity contribution in [2.24, 2.45) is 0 Å². The number of methoxy groups -OCH3 is 1. The van der Waals surface area contributed by atoms with Gasteiger partial charge in [0.05, 0.1) is 12.7 Å². The molecule has 0 aliphatic rings.